The van der Waals surface area contributed by atoms with Gasteiger partial charge in [-0.3, -0.25) is 0 Å². The van der Waals surface area contributed by atoms with E-state index in [1.54, 1.807) is 6.07 Å². The average Bonchev–Trinajstić information content (AvgIpc) is 2.18. The van der Waals surface area contributed by atoms with E-state index in [2.05, 4.69) is 12.8 Å². The van der Waals surface area contributed by atoms with E-state index in [-0.39, 0.29) is 0 Å². The van der Waals surface area contributed by atoms with Crippen molar-refractivity contribution in [3.05, 3.63) is 54.4 Å². The summed E-state index contributed by atoms with van der Waals surface area (Å²) >= 11 is 0. The fourth-order valence-corrected chi connectivity index (χ4v) is 1.48. The zero-order chi connectivity index (χ0) is 9.97. The maximum Gasteiger partial charge on any atom is 0.111 e. The molecule has 0 nitrogen and oxygen atoms in total. The Morgan fingerprint density at radius 1 is 1.14 bits per heavy atom. The molecular weight excluding hydrogens is 175 g/mol. The SMILES string of the molecule is [CH2]c1cccc2cc(C#CF)ccc12. The zero-order valence-electron chi connectivity index (χ0n) is 7.55. The van der Waals surface area contributed by atoms with Gasteiger partial charge in [-0.25, -0.2) is 0 Å². The second-order valence-electron chi connectivity index (χ2n) is 3.07. The van der Waals surface area contributed by atoms with E-state index in [0.29, 0.717) is 5.56 Å². The predicted molar refractivity (Wildman–Crippen MR) is 56.4 cm³/mol. The van der Waals surface area contributed by atoms with Crippen molar-refractivity contribution < 1.29 is 4.39 Å². The second kappa shape index (κ2) is 3.51. The van der Waals surface area contributed by atoms with Gasteiger partial charge in [-0.05, 0) is 41.3 Å². The third-order valence-corrected chi connectivity index (χ3v) is 2.16. The standard InChI is InChI=1S/C13H8F/c1-10-3-2-4-12-9-11(7-8-14)5-6-13(10)12/h2-6,9H,1H2. The number of halogens is 1. The fraction of sp³-hybridized carbons (Fsp3) is 0. The minimum absolute atomic E-state index is 0.686. The summed E-state index contributed by atoms with van der Waals surface area (Å²) in [7, 11) is 0. The van der Waals surface area contributed by atoms with E-state index in [0.717, 1.165) is 16.3 Å². The van der Waals surface area contributed by atoms with Gasteiger partial charge >= 0.3 is 0 Å². The first-order valence-corrected chi connectivity index (χ1v) is 4.27. The minimum Gasteiger partial charge on any atom is -0.144 e. The van der Waals surface area contributed by atoms with E-state index in [1.165, 1.54) is 6.17 Å². The smallest absolute Gasteiger partial charge is 0.111 e. The topological polar surface area (TPSA) is 0 Å². The molecule has 0 aliphatic rings. The van der Waals surface area contributed by atoms with E-state index < -0.39 is 0 Å². The van der Waals surface area contributed by atoms with Crippen LogP contribution in [-0.2, 0) is 0 Å². The summed E-state index contributed by atoms with van der Waals surface area (Å²) in [6.45, 7) is 3.91. The normalized spacial score (nSPS) is 9.57. The summed E-state index contributed by atoms with van der Waals surface area (Å²) in [5, 5.41) is 2.12. The highest BCUT2D eigenvalue weighted by Crippen LogP contribution is 2.19. The average molecular weight is 183 g/mol. The van der Waals surface area contributed by atoms with Crippen molar-refractivity contribution in [2.45, 2.75) is 0 Å². The molecule has 2 aromatic rings. The highest BCUT2D eigenvalue weighted by Gasteiger charge is 1.96. The molecule has 14 heavy (non-hydrogen) atoms. The Labute approximate surface area is 82.4 Å². The van der Waals surface area contributed by atoms with Gasteiger partial charge in [0.05, 0.1) is 0 Å². The summed E-state index contributed by atoms with van der Waals surface area (Å²) in [6.07, 6.45) is 1.40. The van der Waals surface area contributed by atoms with Crippen LogP contribution in [0, 0.1) is 19.0 Å². The molecule has 0 heterocycles. The first-order valence-electron chi connectivity index (χ1n) is 4.27. The van der Waals surface area contributed by atoms with Crippen LogP contribution in [0.2, 0.25) is 0 Å². The van der Waals surface area contributed by atoms with Gasteiger partial charge < -0.3 is 0 Å². The Morgan fingerprint density at radius 3 is 2.79 bits per heavy atom. The molecule has 0 N–H and O–H groups in total. The van der Waals surface area contributed by atoms with Crippen LogP contribution < -0.4 is 0 Å². The minimum atomic E-state index is 0.686. The summed E-state index contributed by atoms with van der Waals surface area (Å²) in [5.74, 6) is 2.38. The highest BCUT2D eigenvalue weighted by atomic mass is 19.1. The fourth-order valence-electron chi connectivity index (χ4n) is 1.48. The largest absolute Gasteiger partial charge is 0.144 e. The maximum absolute atomic E-state index is 11.8. The monoisotopic (exact) mass is 183 g/mol. The number of hydrogen-bond donors (Lipinski definition) is 0. The van der Waals surface area contributed by atoms with E-state index in [1.807, 2.05) is 30.3 Å². The van der Waals surface area contributed by atoms with Crippen molar-refractivity contribution >= 4 is 10.8 Å². The van der Waals surface area contributed by atoms with Gasteiger partial charge in [0.25, 0.3) is 0 Å². The molecule has 0 amide bonds. The molecule has 0 bridgehead atoms. The van der Waals surface area contributed by atoms with Crippen LogP contribution in [0.3, 0.4) is 0 Å². The Balaban J connectivity index is 2.71. The van der Waals surface area contributed by atoms with Gasteiger partial charge in [0.2, 0.25) is 0 Å². The number of hydrogen-bond acceptors (Lipinski definition) is 0. The molecule has 0 aromatic heterocycles. The third kappa shape index (κ3) is 1.47. The van der Waals surface area contributed by atoms with Gasteiger partial charge in [0.1, 0.15) is 6.17 Å². The molecule has 0 saturated heterocycles. The molecule has 0 fully saturated rings. The van der Waals surface area contributed by atoms with E-state index in [9.17, 15) is 4.39 Å². The summed E-state index contributed by atoms with van der Waals surface area (Å²) < 4.78 is 11.8. The molecule has 0 aliphatic heterocycles. The summed E-state index contributed by atoms with van der Waals surface area (Å²) in [4.78, 5) is 0. The van der Waals surface area contributed by atoms with Gasteiger partial charge in [-0.2, -0.15) is 0 Å². The lowest BCUT2D eigenvalue weighted by Gasteiger charge is -2.01. The molecule has 2 rings (SSSR count). The van der Waals surface area contributed by atoms with Crippen molar-refractivity contribution in [3.63, 3.8) is 0 Å². The van der Waals surface area contributed by atoms with Crippen molar-refractivity contribution in [2.24, 2.45) is 0 Å². The van der Waals surface area contributed by atoms with E-state index in [4.69, 9.17) is 0 Å². The Bertz CT molecular complexity index is 530. The van der Waals surface area contributed by atoms with Gasteiger partial charge in [-0.15, -0.1) is 4.39 Å². The van der Waals surface area contributed by atoms with Crippen LogP contribution in [-0.4, -0.2) is 0 Å². The van der Waals surface area contributed by atoms with Crippen LogP contribution >= 0.6 is 0 Å². The van der Waals surface area contributed by atoms with E-state index >= 15 is 0 Å². The van der Waals surface area contributed by atoms with Crippen molar-refractivity contribution in [2.75, 3.05) is 0 Å². The van der Waals surface area contributed by atoms with Crippen LogP contribution in [0.4, 0.5) is 4.39 Å². The van der Waals surface area contributed by atoms with Crippen molar-refractivity contribution in [1.82, 2.24) is 0 Å². The first-order chi connectivity index (χ1) is 6.81. The molecule has 1 radical (unpaired) electrons. The molecule has 1 heteroatoms. The van der Waals surface area contributed by atoms with Crippen molar-refractivity contribution in [1.29, 1.82) is 0 Å². The predicted octanol–water partition coefficient (Wildman–Crippen LogP) is 3.30. The Morgan fingerprint density at radius 2 is 2.00 bits per heavy atom. The third-order valence-electron chi connectivity index (χ3n) is 2.16. The quantitative estimate of drug-likeness (QED) is 0.550. The molecule has 2 aromatic carbocycles. The first kappa shape index (κ1) is 8.77. The maximum atomic E-state index is 11.8. The molecular formula is C13H8F. The Kier molecular flexibility index (Phi) is 2.20. The molecule has 67 valence electrons. The second-order valence-corrected chi connectivity index (χ2v) is 3.07. The van der Waals surface area contributed by atoms with Crippen LogP contribution in [0.1, 0.15) is 11.1 Å². The van der Waals surface area contributed by atoms with Gasteiger partial charge in [0.15, 0.2) is 0 Å². The molecule has 0 aliphatic carbocycles. The van der Waals surface area contributed by atoms with Crippen LogP contribution in [0.5, 0.6) is 0 Å². The highest BCUT2D eigenvalue weighted by molar-refractivity contribution is 5.87. The summed E-state index contributed by atoms with van der Waals surface area (Å²) in [5.41, 5.74) is 1.66. The van der Waals surface area contributed by atoms with Crippen LogP contribution in [0.15, 0.2) is 36.4 Å². The molecule has 0 unspecified atom stereocenters. The summed E-state index contributed by atoms with van der Waals surface area (Å²) in [6, 6.07) is 11.4. The number of fused-ring (bicyclic) bond motifs is 1. The van der Waals surface area contributed by atoms with Crippen LogP contribution in [0.25, 0.3) is 10.8 Å². The lowest BCUT2D eigenvalue weighted by Crippen LogP contribution is -1.79. The van der Waals surface area contributed by atoms with Crippen molar-refractivity contribution in [3.8, 4) is 12.1 Å². The lowest BCUT2D eigenvalue weighted by atomic mass is 10.0. The number of benzene rings is 2. The van der Waals surface area contributed by atoms with Gasteiger partial charge in [0, 0.05) is 5.56 Å². The lowest BCUT2D eigenvalue weighted by molar-refractivity contribution is 0.774. The Hall–Kier alpha value is -1.81. The van der Waals surface area contributed by atoms with Gasteiger partial charge in [-0.1, -0.05) is 24.3 Å². The number of rotatable bonds is 0. The molecule has 0 spiro atoms. The zero-order valence-corrected chi connectivity index (χ0v) is 7.55. The molecule has 0 atom stereocenters. The molecule has 0 saturated carbocycles.